The maximum Gasteiger partial charge on any atom is 0.0659 e. The minimum Gasteiger partial charge on any atom is -0.385 e. The van der Waals surface area contributed by atoms with Crippen LogP contribution >= 0.6 is 11.6 Å². The van der Waals surface area contributed by atoms with Crippen LogP contribution in [0.25, 0.3) is 0 Å². The Kier molecular flexibility index (Phi) is 5.80. The lowest BCUT2D eigenvalue weighted by atomic mass is 9.99. The molecule has 0 bridgehead atoms. The molecule has 1 rings (SSSR count). The van der Waals surface area contributed by atoms with Gasteiger partial charge in [-0.1, -0.05) is 32.4 Å². The van der Waals surface area contributed by atoms with Crippen LogP contribution in [-0.4, -0.2) is 20.6 Å². The average molecular weight is 269 g/mol. The summed E-state index contributed by atoms with van der Waals surface area (Å²) in [7, 11) is 4.00. The van der Waals surface area contributed by atoms with Gasteiger partial charge in [-0.05, 0) is 36.5 Å². The first-order valence-electron chi connectivity index (χ1n) is 6.61. The normalized spacial score (nSPS) is 12.6. The summed E-state index contributed by atoms with van der Waals surface area (Å²) in [5.41, 5.74) is 2.15. The second-order valence-corrected chi connectivity index (χ2v) is 6.08. The number of halogens is 1. The molecule has 0 aliphatic rings. The van der Waals surface area contributed by atoms with E-state index in [1.807, 2.05) is 25.1 Å². The van der Waals surface area contributed by atoms with Crippen molar-refractivity contribution >= 4 is 23.0 Å². The smallest absolute Gasteiger partial charge is 0.0659 e. The maximum atomic E-state index is 6.24. The van der Waals surface area contributed by atoms with Crippen molar-refractivity contribution in [3.63, 3.8) is 0 Å². The lowest BCUT2D eigenvalue weighted by Crippen LogP contribution is -2.14. The second-order valence-electron chi connectivity index (χ2n) is 5.68. The minimum absolute atomic E-state index is 0.678. The molecule has 0 heterocycles. The summed E-state index contributed by atoms with van der Waals surface area (Å²) in [6.45, 7) is 7.80. The number of nitrogens with one attached hydrogen (secondary N) is 1. The number of hydrogen-bond acceptors (Lipinski definition) is 2. The molecule has 1 atom stereocenters. The van der Waals surface area contributed by atoms with E-state index in [4.69, 9.17) is 11.6 Å². The Bertz CT molecular complexity index is 375. The van der Waals surface area contributed by atoms with Gasteiger partial charge in [-0.2, -0.15) is 0 Å². The summed E-state index contributed by atoms with van der Waals surface area (Å²) >= 11 is 6.24. The van der Waals surface area contributed by atoms with E-state index in [0.29, 0.717) is 5.92 Å². The van der Waals surface area contributed by atoms with Crippen LogP contribution in [0.3, 0.4) is 0 Å². The molecule has 1 aromatic carbocycles. The van der Waals surface area contributed by atoms with E-state index in [0.717, 1.165) is 28.9 Å². The fourth-order valence-electron chi connectivity index (χ4n) is 2.16. The maximum absolute atomic E-state index is 6.24. The summed E-state index contributed by atoms with van der Waals surface area (Å²) in [5, 5.41) is 4.25. The zero-order valence-corrected chi connectivity index (χ0v) is 12.9. The van der Waals surface area contributed by atoms with Crippen LogP contribution in [0.5, 0.6) is 0 Å². The van der Waals surface area contributed by atoms with Crippen LogP contribution in [-0.2, 0) is 0 Å². The van der Waals surface area contributed by atoms with Gasteiger partial charge >= 0.3 is 0 Å². The first kappa shape index (κ1) is 15.2. The van der Waals surface area contributed by atoms with Crippen molar-refractivity contribution in [2.24, 2.45) is 11.8 Å². The molecule has 102 valence electrons. The van der Waals surface area contributed by atoms with Crippen LogP contribution in [0, 0.1) is 11.8 Å². The summed E-state index contributed by atoms with van der Waals surface area (Å²) < 4.78 is 0. The van der Waals surface area contributed by atoms with Crippen molar-refractivity contribution in [3.8, 4) is 0 Å². The third-order valence-corrected chi connectivity index (χ3v) is 3.26. The van der Waals surface area contributed by atoms with E-state index in [1.165, 1.54) is 6.42 Å². The lowest BCUT2D eigenvalue weighted by Gasteiger charge is -2.18. The molecular formula is C15H25ClN2. The molecule has 0 saturated heterocycles. The predicted octanol–water partition coefficient (Wildman–Crippen LogP) is 4.50. The number of rotatable bonds is 6. The van der Waals surface area contributed by atoms with Gasteiger partial charge in [-0.3, -0.25) is 0 Å². The molecule has 18 heavy (non-hydrogen) atoms. The monoisotopic (exact) mass is 268 g/mol. The first-order chi connectivity index (χ1) is 8.40. The molecule has 0 saturated carbocycles. The van der Waals surface area contributed by atoms with Gasteiger partial charge in [0, 0.05) is 26.3 Å². The Labute approximate surface area is 116 Å². The van der Waals surface area contributed by atoms with Gasteiger partial charge in [0.2, 0.25) is 0 Å². The molecule has 0 amide bonds. The molecule has 0 aliphatic carbocycles. The SMILES string of the molecule is CC(C)CC(C)CNc1ccc(N(C)C)c(Cl)c1. The van der Waals surface area contributed by atoms with Crippen molar-refractivity contribution < 1.29 is 0 Å². The van der Waals surface area contributed by atoms with Crippen LogP contribution in [0.4, 0.5) is 11.4 Å². The van der Waals surface area contributed by atoms with Gasteiger partial charge in [0.25, 0.3) is 0 Å². The highest BCUT2D eigenvalue weighted by Crippen LogP contribution is 2.27. The number of anilines is 2. The van der Waals surface area contributed by atoms with Crippen LogP contribution in [0.15, 0.2) is 18.2 Å². The van der Waals surface area contributed by atoms with Crippen LogP contribution < -0.4 is 10.2 Å². The molecule has 1 unspecified atom stereocenters. The van der Waals surface area contributed by atoms with Crippen molar-refractivity contribution in [1.29, 1.82) is 0 Å². The Morgan fingerprint density at radius 1 is 1.22 bits per heavy atom. The Morgan fingerprint density at radius 3 is 2.39 bits per heavy atom. The molecular weight excluding hydrogens is 244 g/mol. The number of hydrogen-bond donors (Lipinski definition) is 1. The summed E-state index contributed by atoms with van der Waals surface area (Å²) in [6.07, 6.45) is 1.25. The van der Waals surface area contributed by atoms with E-state index in [9.17, 15) is 0 Å². The minimum atomic E-state index is 0.678. The second kappa shape index (κ2) is 6.89. The summed E-state index contributed by atoms with van der Waals surface area (Å²) in [6, 6.07) is 6.14. The number of benzene rings is 1. The standard InChI is InChI=1S/C15H25ClN2/c1-11(2)8-12(3)10-17-13-6-7-15(18(4)5)14(16)9-13/h6-7,9,11-12,17H,8,10H2,1-5H3. The molecule has 1 N–H and O–H groups in total. The molecule has 3 heteroatoms. The molecule has 0 fully saturated rings. The quantitative estimate of drug-likeness (QED) is 0.817. The van der Waals surface area contributed by atoms with Crippen LogP contribution in [0.1, 0.15) is 27.2 Å². The molecule has 1 aromatic rings. The van der Waals surface area contributed by atoms with Gasteiger partial charge in [-0.15, -0.1) is 0 Å². The van der Waals surface area contributed by atoms with Gasteiger partial charge in [0.1, 0.15) is 0 Å². The van der Waals surface area contributed by atoms with Crippen LogP contribution in [0.2, 0.25) is 5.02 Å². The fraction of sp³-hybridized carbons (Fsp3) is 0.600. The van der Waals surface area contributed by atoms with Crippen molar-refractivity contribution in [1.82, 2.24) is 0 Å². The Hall–Kier alpha value is -0.890. The zero-order valence-electron chi connectivity index (χ0n) is 12.1. The summed E-state index contributed by atoms with van der Waals surface area (Å²) in [4.78, 5) is 2.02. The topological polar surface area (TPSA) is 15.3 Å². The van der Waals surface area contributed by atoms with E-state index >= 15 is 0 Å². The van der Waals surface area contributed by atoms with E-state index in [-0.39, 0.29) is 0 Å². The zero-order chi connectivity index (χ0) is 13.7. The van der Waals surface area contributed by atoms with Crippen molar-refractivity contribution in [2.75, 3.05) is 30.9 Å². The number of nitrogens with zero attached hydrogens (tertiary/aromatic N) is 1. The highest BCUT2D eigenvalue weighted by Gasteiger charge is 2.06. The van der Waals surface area contributed by atoms with Crippen molar-refractivity contribution in [3.05, 3.63) is 23.2 Å². The summed E-state index contributed by atoms with van der Waals surface area (Å²) in [5.74, 6) is 1.43. The highest BCUT2D eigenvalue weighted by molar-refractivity contribution is 6.33. The molecule has 0 aromatic heterocycles. The van der Waals surface area contributed by atoms with E-state index in [1.54, 1.807) is 0 Å². The Balaban J connectivity index is 2.56. The largest absolute Gasteiger partial charge is 0.385 e. The Morgan fingerprint density at radius 2 is 1.89 bits per heavy atom. The van der Waals surface area contributed by atoms with E-state index in [2.05, 4.69) is 38.2 Å². The fourth-order valence-corrected chi connectivity index (χ4v) is 2.51. The van der Waals surface area contributed by atoms with Crippen molar-refractivity contribution in [2.45, 2.75) is 27.2 Å². The molecule has 0 aliphatic heterocycles. The average Bonchev–Trinajstić information content (AvgIpc) is 2.25. The van der Waals surface area contributed by atoms with E-state index < -0.39 is 0 Å². The van der Waals surface area contributed by atoms with Gasteiger partial charge in [0.15, 0.2) is 0 Å². The van der Waals surface area contributed by atoms with Gasteiger partial charge < -0.3 is 10.2 Å². The molecule has 2 nitrogen and oxygen atoms in total. The third kappa shape index (κ3) is 4.77. The highest BCUT2D eigenvalue weighted by atomic mass is 35.5. The molecule has 0 radical (unpaired) electrons. The van der Waals surface area contributed by atoms with Gasteiger partial charge in [0.05, 0.1) is 10.7 Å². The third-order valence-electron chi connectivity index (χ3n) is 2.96. The van der Waals surface area contributed by atoms with Gasteiger partial charge in [-0.25, -0.2) is 0 Å². The first-order valence-corrected chi connectivity index (χ1v) is 6.98. The molecule has 0 spiro atoms. The lowest BCUT2D eigenvalue weighted by molar-refractivity contribution is 0.455. The predicted molar refractivity (Wildman–Crippen MR) is 82.9 cm³/mol.